The summed E-state index contributed by atoms with van der Waals surface area (Å²) < 4.78 is 21.3. The highest BCUT2D eigenvalue weighted by atomic mass is 32.2. The summed E-state index contributed by atoms with van der Waals surface area (Å²) in [7, 11) is -3.55. The number of aromatic nitrogens is 1. The molecular weight excluding hydrogens is 248 g/mol. The maximum absolute atomic E-state index is 10.7. The van der Waals surface area contributed by atoms with Crippen molar-refractivity contribution in [3.63, 3.8) is 0 Å². The Hall–Kier alpha value is -1.74. The van der Waals surface area contributed by atoms with E-state index in [2.05, 4.69) is 10.3 Å². The van der Waals surface area contributed by atoms with Gasteiger partial charge in [-0.3, -0.25) is 10.1 Å². The van der Waals surface area contributed by atoms with E-state index in [9.17, 15) is 18.5 Å². The number of nitro groups is 1. The predicted octanol–water partition coefficient (Wildman–Crippen LogP) is -0.00138. The Kier molecular flexibility index (Phi) is 3.97. The molecule has 0 atom stereocenters. The number of nitrogens with zero attached hydrogens (tertiary/aromatic N) is 2. The number of nitrogens with one attached hydrogen (secondary N) is 1. The molecule has 0 bridgehead atoms. The van der Waals surface area contributed by atoms with E-state index in [0.717, 1.165) is 0 Å². The molecule has 0 fully saturated rings. The van der Waals surface area contributed by atoms with Crippen LogP contribution in [0.25, 0.3) is 0 Å². The van der Waals surface area contributed by atoms with E-state index in [1.165, 1.54) is 12.3 Å². The third kappa shape index (κ3) is 4.33. The summed E-state index contributed by atoms with van der Waals surface area (Å²) >= 11 is 0. The van der Waals surface area contributed by atoms with Gasteiger partial charge >= 0.3 is 0 Å². The molecule has 94 valence electrons. The first kappa shape index (κ1) is 13.3. The molecule has 17 heavy (non-hydrogen) atoms. The third-order valence-corrected chi connectivity index (χ3v) is 2.74. The van der Waals surface area contributed by atoms with Crippen molar-refractivity contribution in [2.45, 2.75) is 6.92 Å². The van der Waals surface area contributed by atoms with E-state index in [-0.39, 0.29) is 23.8 Å². The Balaban J connectivity index is 2.73. The average Bonchev–Trinajstić information content (AvgIpc) is 2.18. The van der Waals surface area contributed by atoms with E-state index in [4.69, 9.17) is 5.14 Å². The smallest absolute Gasteiger partial charge is 0.277 e. The number of sulfonamides is 1. The fraction of sp³-hybridized carbons (Fsp3) is 0.375. The number of anilines is 1. The molecule has 0 amide bonds. The summed E-state index contributed by atoms with van der Waals surface area (Å²) in [4.78, 5) is 14.0. The Morgan fingerprint density at radius 3 is 2.76 bits per heavy atom. The second-order valence-electron chi connectivity index (χ2n) is 3.41. The SMILES string of the molecule is Cc1cnc(NCCS(N)(=O)=O)cc1[N+](=O)[O-]. The number of hydrogen-bond donors (Lipinski definition) is 2. The van der Waals surface area contributed by atoms with Crippen molar-refractivity contribution >= 4 is 21.5 Å². The molecule has 0 radical (unpaired) electrons. The second kappa shape index (κ2) is 5.06. The Morgan fingerprint density at radius 1 is 1.59 bits per heavy atom. The Morgan fingerprint density at radius 2 is 2.24 bits per heavy atom. The van der Waals surface area contributed by atoms with Crippen LogP contribution in [0.4, 0.5) is 11.5 Å². The van der Waals surface area contributed by atoms with E-state index in [1.807, 2.05) is 0 Å². The van der Waals surface area contributed by atoms with Gasteiger partial charge in [0.05, 0.1) is 16.7 Å². The van der Waals surface area contributed by atoms with Crippen LogP contribution in [0.1, 0.15) is 5.56 Å². The zero-order valence-corrected chi connectivity index (χ0v) is 9.90. The van der Waals surface area contributed by atoms with Gasteiger partial charge in [0.2, 0.25) is 10.0 Å². The van der Waals surface area contributed by atoms with Crippen molar-refractivity contribution in [1.29, 1.82) is 0 Å². The number of pyridine rings is 1. The molecule has 0 aliphatic heterocycles. The first-order chi connectivity index (χ1) is 7.79. The van der Waals surface area contributed by atoms with Crippen molar-refractivity contribution in [2.24, 2.45) is 5.14 Å². The standard InChI is InChI=1S/C8H12N4O4S/c1-6-5-11-8(4-7(6)12(13)14)10-2-3-17(9,15)16/h4-5H,2-3H2,1H3,(H,10,11)(H2,9,15,16). The molecule has 0 saturated heterocycles. The highest BCUT2D eigenvalue weighted by molar-refractivity contribution is 7.89. The van der Waals surface area contributed by atoms with Gasteiger partial charge in [-0.2, -0.15) is 0 Å². The molecule has 0 aliphatic carbocycles. The van der Waals surface area contributed by atoms with Gasteiger partial charge in [-0.25, -0.2) is 18.5 Å². The first-order valence-electron chi connectivity index (χ1n) is 4.65. The van der Waals surface area contributed by atoms with Crippen LogP contribution >= 0.6 is 0 Å². The van der Waals surface area contributed by atoms with Gasteiger partial charge in [-0.1, -0.05) is 0 Å². The molecule has 0 spiro atoms. The van der Waals surface area contributed by atoms with Gasteiger partial charge < -0.3 is 5.32 Å². The highest BCUT2D eigenvalue weighted by Gasteiger charge is 2.12. The van der Waals surface area contributed by atoms with Crippen LogP contribution in [-0.2, 0) is 10.0 Å². The molecule has 1 heterocycles. The monoisotopic (exact) mass is 260 g/mol. The lowest BCUT2D eigenvalue weighted by Gasteiger charge is -2.05. The van der Waals surface area contributed by atoms with Crippen molar-refractivity contribution in [2.75, 3.05) is 17.6 Å². The minimum absolute atomic E-state index is 0.0477. The average molecular weight is 260 g/mol. The zero-order chi connectivity index (χ0) is 13.1. The maximum atomic E-state index is 10.7. The molecular formula is C8H12N4O4S. The molecule has 1 rings (SSSR count). The number of hydrogen-bond acceptors (Lipinski definition) is 6. The summed E-state index contributed by atoms with van der Waals surface area (Å²) in [5.74, 6) is -0.0259. The molecule has 0 saturated carbocycles. The topological polar surface area (TPSA) is 128 Å². The van der Waals surface area contributed by atoms with Gasteiger partial charge in [0.25, 0.3) is 5.69 Å². The van der Waals surface area contributed by atoms with Gasteiger partial charge in [-0.05, 0) is 6.92 Å². The van der Waals surface area contributed by atoms with Gasteiger partial charge in [0, 0.05) is 18.3 Å². The lowest BCUT2D eigenvalue weighted by Crippen LogP contribution is -2.22. The zero-order valence-electron chi connectivity index (χ0n) is 9.08. The summed E-state index contributed by atoms with van der Waals surface area (Å²) in [6.45, 7) is 1.62. The van der Waals surface area contributed by atoms with Gasteiger partial charge in [-0.15, -0.1) is 0 Å². The predicted molar refractivity (Wildman–Crippen MR) is 62.1 cm³/mol. The van der Waals surface area contributed by atoms with Crippen molar-refractivity contribution < 1.29 is 13.3 Å². The highest BCUT2D eigenvalue weighted by Crippen LogP contribution is 2.19. The molecule has 0 aromatic carbocycles. The summed E-state index contributed by atoms with van der Waals surface area (Å²) in [6, 6.07) is 1.25. The largest absolute Gasteiger partial charge is 0.369 e. The molecule has 1 aromatic heterocycles. The van der Waals surface area contributed by atoms with Crippen molar-refractivity contribution in [3.8, 4) is 0 Å². The van der Waals surface area contributed by atoms with E-state index >= 15 is 0 Å². The maximum Gasteiger partial charge on any atom is 0.277 e. The van der Waals surface area contributed by atoms with Crippen LogP contribution in [0.5, 0.6) is 0 Å². The molecule has 0 unspecified atom stereocenters. The number of aryl methyl sites for hydroxylation is 1. The third-order valence-electron chi connectivity index (χ3n) is 1.96. The molecule has 8 nitrogen and oxygen atoms in total. The number of primary sulfonamides is 1. The fourth-order valence-electron chi connectivity index (χ4n) is 1.13. The number of rotatable bonds is 5. The normalized spacial score (nSPS) is 11.2. The van der Waals surface area contributed by atoms with Crippen LogP contribution in [0.2, 0.25) is 0 Å². The van der Waals surface area contributed by atoms with E-state index in [0.29, 0.717) is 5.56 Å². The molecule has 3 N–H and O–H groups in total. The number of nitrogens with two attached hydrogens (primary N) is 1. The van der Waals surface area contributed by atoms with Crippen LogP contribution in [-0.4, -0.2) is 30.6 Å². The molecule has 1 aromatic rings. The van der Waals surface area contributed by atoms with E-state index in [1.54, 1.807) is 6.92 Å². The van der Waals surface area contributed by atoms with Crippen LogP contribution in [0.3, 0.4) is 0 Å². The first-order valence-corrected chi connectivity index (χ1v) is 6.36. The summed E-state index contributed by atoms with van der Waals surface area (Å²) in [5, 5.41) is 18.1. The minimum Gasteiger partial charge on any atom is -0.369 e. The minimum atomic E-state index is -3.55. The Labute approximate surface area is 98.0 Å². The molecule has 0 aliphatic rings. The lowest BCUT2D eigenvalue weighted by atomic mass is 10.2. The van der Waals surface area contributed by atoms with E-state index < -0.39 is 14.9 Å². The second-order valence-corrected chi connectivity index (χ2v) is 5.14. The summed E-state index contributed by atoms with van der Waals surface area (Å²) in [5.41, 5.74) is 0.366. The van der Waals surface area contributed by atoms with Crippen molar-refractivity contribution in [1.82, 2.24) is 4.98 Å². The Bertz CT molecular complexity index is 528. The summed E-state index contributed by atoms with van der Waals surface area (Å²) in [6.07, 6.45) is 1.34. The lowest BCUT2D eigenvalue weighted by molar-refractivity contribution is -0.385. The van der Waals surface area contributed by atoms with Crippen LogP contribution in [0, 0.1) is 17.0 Å². The van der Waals surface area contributed by atoms with Gasteiger partial charge in [0.1, 0.15) is 5.82 Å². The fourth-order valence-corrected chi connectivity index (χ4v) is 1.51. The van der Waals surface area contributed by atoms with Gasteiger partial charge in [0.15, 0.2) is 0 Å². The molecule has 9 heteroatoms. The van der Waals surface area contributed by atoms with Crippen LogP contribution < -0.4 is 10.5 Å². The van der Waals surface area contributed by atoms with Crippen LogP contribution in [0.15, 0.2) is 12.3 Å². The quantitative estimate of drug-likeness (QED) is 0.566. The van der Waals surface area contributed by atoms with Crippen molar-refractivity contribution in [3.05, 3.63) is 27.9 Å².